The van der Waals surface area contributed by atoms with Gasteiger partial charge in [-0.25, -0.2) is 4.98 Å². The molecule has 0 saturated carbocycles. The predicted molar refractivity (Wildman–Crippen MR) is 54.0 cm³/mol. The molecule has 1 aromatic heterocycles. The Morgan fingerprint density at radius 2 is 2.43 bits per heavy atom. The van der Waals surface area contributed by atoms with E-state index in [9.17, 15) is 0 Å². The number of rotatable bonds is 7. The Bertz CT molecular complexity index is 225. The van der Waals surface area contributed by atoms with Crippen LogP contribution in [0.1, 0.15) is 13.3 Å². The van der Waals surface area contributed by atoms with E-state index in [1.807, 2.05) is 4.68 Å². The molecule has 1 atom stereocenters. The zero-order chi connectivity index (χ0) is 10.2. The van der Waals surface area contributed by atoms with Crippen molar-refractivity contribution in [2.24, 2.45) is 0 Å². The van der Waals surface area contributed by atoms with E-state index in [1.54, 1.807) is 19.8 Å². The molecule has 0 amide bonds. The van der Waals surface area contributed by atoms with Gasteiger partial charge < -0.3 is 10.1 Å². The number of hydrogen-bond acceptors (Lipinski definition) is 4. The van der Waals surface area contributed by atoms with Crippen LogP contribution >= 0.6 is 0 Å². The second-order valence-corrected chi connectivity index (χ2v) is 3.30. The molecule has 0 aliphatic carbocycles. The summed E-state index contributed by atoms with van der Waals surface area (Å²) in [6, 6.07) is 0.481. The lowest BCUT2D eigenvalue weighted by molar-refractivity contribution is 0.195. The molecule has 1 N–H and O–H groups in total. The highest BCUT2D eigenvalue weighted by molar-refractivity contribution is 4.62. The van der Waals surface area contributed by atoms with E-state index in [4.69, 9.17) is 4.74 Å². The minimum Gasteiger partial charge on any atom is -0.383 e. The maximum absolute atomic E-state index is 4.95. The number of hydrogen-bond donors (Lipinski definition) is 1. The van der Waals surface area contributed by atoms with Gasteiger partial charge in [-0.15, -0.1) is 0 Å². The second kappa shape index (κ2) is 6.50. The molecule has 1 aromatic rings. The van der Waals surface area contributed by atoms with Gasteiger partial charge in [-0.3, -0.25) is 4.68 Å². The van der Waals surface area contributed by atoms with Gasteiger partial charge in [0.1, 0.15) is 12.7 Å². The van der Waals surface area contributed by atoms with Crippen LogP contribution in [-0.2, 0) is 11.3 Å². The van der Waals surface area contributed by atoms with E-state index in [-0.39, 0.29) is 0 Å². The number of nitrogens with one attached hydrogen (secondary N) is 1. The Morgan fingerprint density at radius 3 is 3.07 bits per heavy atom. The van der Waals surface area contributed by atoms with Crippen LogP contribution in [0, 0.1) is 0 Å². The molecular formula is C9H18N4O. The third kappa shape index (κ3) is 4.34. The molecule has 0 spiro atoms. The molecule has 0 aliphatic rings. The molecule has 1 unspecified atom stereocenters. The molecule has 80 valence electrons. The summed E-state index contributed by atoms with van der Waals surface area (Å²) in [6.45, 7) is 4.72. The van der Waals surface area contributed by atoms with E-state index in [0.717, 1.165) is 26.1 Å². The summed E-state index contributed by atoms with van der Waals surface area (Å²) < 4.78 is 6.79. The van der Waals surface area contributed by atoms with Crippen LogP contribution < -0.4 is 5.32 Å². The molecule has 1 rings (SSSR count). The summed E-state index contributed by atoms with van der Waals surface area (Å²) in [6.07, 6.45) is 4.35. The van der Waals surface area contributed by atoms with Crippen LogP contribution in [0.4, 0.5) is 0 Å². The number of methoxy groups -OCH3 is 1. The first-order valence-electron chi connectivity index (χ1n) is 4.87. The zero-order valence-electron chi connectivity index (χ0n) is 8.81. The average molecular weight is 198 g/mol. The summed E-state index contributed by atoms with van der Waals surface area (Å²) in [5.74, 6) is 0. The van der Waals surface area contributed by atoms with E-state index in [0.29, 0.717) is 6.04 Å². The highest BCUT2D eigenvalue weighted by Crippen LogP contribution is 1.93. The van der Waals surface area contributed by atoms with Crippen molar-refractivity contribution < 1.29 is 4.74 Å². The van der Waals surface area contributed by atoms with Crippen LogP contribution in [-0.4, -0.2) is 41.1 Å². The number of ether oxygens (including phenoxy) is 1. The predicted octanol–water partition coefficient (Wildman–Crippen LogP) is 0.293. The number of aromatic nitrogens is 3. The quantitative estimate of drug-likeness (QED) is 0.640. The molecule has 0 saturated heterocycles. The largest absolute Gasteiger partial charge is 0.383 e. The van der Waals surface area contributed by atoms with Crippen molar-refractivity contribution in [1.29, 1.82) is 0 Å². The van der Waals surface area contributed by atoms with Gasteiger partial charge in [-0.1, -0.05) is 0 Å². The molecule has 0 aliphatic heterocycles. The van der Waals surface area contributed by atoms with Crippen LogP contribution in [0.5, 0.6) is 0 Å². The zero-order valence-corrected chi connectivity index (χ0v) is 8.81. The molecule has 0 fully saturated rings. The monoisotopic (exact) mass is 198 g/mol. The van der Waals surface area contributed by atoms with Crippen LogP contribution in [0.2, 0.25) is 0 Å². The van der Waals surface area contributed by atoms with E-state index < -0.39 is 0 Å². The molecule has 5 heteroatoms. The molecule has 0 radical (unpaired) electrons. The molecular weight excluding hydrogens is 180 g/mol. The lowest BCUT2D eigenvalue weighted by atomic mass is 10.2. The van der Waals surface area contributed by atoms with Crippen LogP contribution in [0.3, 0.4) is 0 Å². The van der Waals surface area contributed by atoms with Crippen LogP contribution in [0.25, 0.3) is 0 Å². The summed E-state index contributed by atoms with van der Waals surface area (Å²) in [4.78, 5) is 3.89. The van der Waals surface area contributed by atoms with Crippen molar-refractivity contribution in [3.8, 4) is 0 Å². The fourth-order valence-electron chi connectivity index (χ4n) is 1.18. The number of nitrogens with zero attached hydrogens (tertiary/aromatic N) is 3. The Balaban J connectivity index is 2.06. The Hall–Kier alpha value is -0.940. The first-order valence-corrected chi connectivity index (χ1v) is 4.87. The van der Waals surface area contributed by atoms with Crippen molar-refractivity contribution in [2.75, 3.05) is 20.3 Å². The van der Waals surface area contributed by atoms with E-state index in [2.05, 4.69) is 22.3 Å². The van der Waals surface area contributed by atoms with Crippen molar-refractivity contribution in [3.05, 3.63) is 12.7 Å². The summed E-state index contributed by atoms with van der Waals surface area (Å²) >= 11 is 0. The molecule has 0 aromatic carbocycles. The molecule has 0 bridgehead atoms. The highest BCUT2D eigenvalue weighted by Gasteiger charge is 2.00. The first-order chi connectivity index (χ1) is 6.83. The van der Waals surface area contributed by atoms with Crippen molar-refractivity contribution in [3.63, 3.8) is 0 Å². The minimum atomic E-state index is 0.481. The van der Waals surface area contributed by atoms with Gasteiger partial charge in [0, 0.05) is 26.2 Å². The molecule has 5 nitrogen and oxygen atoms in total. The third-order valence-corrected chi connectivity index (χ3v) is 2.06. The Morgan fingerprint density at radius 1 is 1.57 bits per heavy atom. The van der Waals surface area contributed by atoms with E-state index in [1.165, 1.54) is 0 Å². The fraction of sp³-hybridized carbons (Fsp3) is 0.778. The molecule has 14 heavy (non-hydrogen) atoms. The van der Waals surface area contributed by atoms with Crippen molar-refractivity contribution >= 4 is 0 Å². The van der Waals surface area contributed by atoms with Crippen molar-refractivity contribution in [2.45, 2.75) is 25.9 Å². The maximum atomic E-state index is 4.95. The molecule has 1 heterocycles. The van der Waals surface area contributed by atoms with Gasteiger partial charge in [-0.05, 0) is 13.3 Å². The van der Waals surface area contributed by atoms with Crippen LogP contribution in [0.15, 0.2) is 12.7 Å². The summed E-state index contributed by atoms with van der Waals surface area (Å²) in [5, 5.41) is 7.40. The maximum Gasteiger partial charge on any atom is 0.137 e. The Labute approximate surface area is 84.5 Å². The average Bonchev–Trinajstić information content (AvgIpc) is 2.68. The SMILES string of the molecule is COCCNC(C)CCn1cncn1. The van der Waals surface area contributed by atoms with Gasteiger partial charge in [0.15, 0.2) is 0 Å². The normalized spacial score (nSPS) is 13.0. The smallest absolute Gasteiger partial charge is 0.137 e. The third-order valence-electron chi connectivity index (χ3n) is 2.06. The number of aryl methyl sites for hydroxylation is 1. The van der Waals surface area contributed by atoms with Gasteiger partial charge >= 0.3 is 0 Å². The van der Waals surface area contributed by atoms with Gasteiger partial charge in [0.25, 0.3) is 0 Å². The van der Waals surface area contributed by atoms with Gasteiger partial charge in [0.05, 0.1) is 6.61 Å². The first kappa shape index (κ1) is 11.1. The minimum absolute atomic E-state index is 0.481. The standard InChI is InChI=1S/C9H18N4O/c1-9(11-4-6-14-2)3-5-13-8-10-7-12-13/h7-9,11H,3-6H2,1-2H3. The lowest BCUT2D eigenvalue weighted by Crippen LogP contribution is -2.30. The highest BCUT2D eigenvalue weighted by atomic mass is 16.5. The fourth-order valence-corrected chi connectivity index (χ4v) is 1.18. The topological polar surface area (TPSA) is 52.0 Å². The lowest BCUT2D eigenvalue weighted by Gasteiger charge is -2.12. The summed E-state index contributed by atoms with van der Waals surface area (Å²) in [7, 11) is 1.71. The Kier molecular flexibility index (Phi) is 5.17. The second-order valence-electron chi connectivity index (χ2n) is 3.30. The summed E-state index contributed by atoms with van der Waals surface area (Å²) in [5.41, 5.74) is 0. The van der Waals surface area contributed by atoms with Crippen molar-refractivity contribution in [1.82, 2.24) is 20.1 Å². The van der Waals surface area contributed by atoms with Gasteiger partial charge in [0.2, 0.25) is 0 Å². The van der Waals surface area contributed by atoms with E-state index >= 15 is 0 Å². The van der Waals surface area contributed by atoms with Gasteiger partial charge in [-0.2, -0.15) is 5.10 Å².